The molecule has 0 aromatic rings. The number of carbonyl (C=O) groups is 1. The predicted octanol–water partition coefficient (Wildman–Crippen LogP) is 0.955. The lowest BCUT2D eigenvalue weighted by Gasteiger charge is -2.18. The van der Waals surface area contributed by atoms with Crippen LogP contribution in [-0.2, 0) is 9.53 Å². The van der Waals surface area contributed by atoms with Gasteiger partial charge in [0.25, 0.3) is 0 Å². The van der Waals surface area contributed by atoms with Gasteiger partial charge in [0.2, 0.25) is 0 Å². The fourth-order valence-corrected chi connectivity index (χ4v) is 0.535. The van der Waals surface area contributed by atoms with Crippen LogP contribution >= 0.6 is 0 Å². The second kappa shape index (κ2) is 4.51. The van der Waals surface area contributed by atoms with Crippen LogP contribution in [0.2, 0.25) is 0 Å². The molecule has 1 N–H and O–H groups in total. The maximum Gasteiger partial charge on any atom is 0.350 e. The summed E-state index contributed by atoms with van der Waals surface area (Å²) >= 11 is 0. The minimum atomic E-state index is -0.626. The maximum atomic E-state index is 10.9. The van der Waals surface area contributed by atoms with E-state index in [0.29, 0.717) is 0 Å². The van der Waals surface area contributed by atoms with Gasteiger partial charge in [0, 0.05) is 11.7 Å². The summed E-state index contributed by atoms with van der Waals surface area (Å²) < 4.78 is 4.40. The molecule has 0 spiro atoms. The van der Waals surface area contributed by atoms with Gasteiger partial charge in [-0.3, -0.25) is 0 Å². The molecule has 4 nitrogen and oxygen atoms in total. The van der Waals surface area contributed by atoms with Gasteiger partial charge in [0.05, 0.1) is 7.11 Å². The number of rotatable bonds is 2. The number of nitriles is 1. The average Bonchev–Trinajstić information content (AvgIpc) is 2.03. The molecule has 4 heteroatoms. The van der Waals surface area contributed by atoms with Crippen molar-refractivity contribution in [2.45, 2.75) is 26.3 Å². The molecule has 0 aromatic carbocycles. The zero-order chi connectivity index (χ0) is 10.5. The number of nitrogens with one attached hydrogen (secondary N) is 1. The van der Waals surface area contributed by atoms with Crippen LogP contribution in [0.1, 0.15) is 20.8 Å². The minimum absolute atomic E-state index is 0.0302. The van der Waals surface area contributed by atoms with Gasteiger partial charge in [-0.25, -0.2) is 4.79 Å². The summed E-state index contributed by atoms with van der Waals surface area (Å²) in [6.07, 6.45) is 1.37. The third-order valence-electron chi connectivity index (χ3n) is 1.18. The molecule has 0 amide bonds. The van der Waals surface area contributed by atoms with Crippen molar-refractivity contribution >= 4 is 5.97 Å². The monoisotopic (exact) mass is 182 g/mol. The van der Waals surface area contributed by atoms with Gasteiger partial charge in [0.15, 0.2) is 5.57 Å². The number of esters is 1. The molecular formula is C9H14N2O2. The second-order valence-electron chi connectivity index (χ2n) is 3.56. The summed E-state index contributed by atoms with van der Waals surface area (Å²) in [5, 5.41) is 11.5. The molecule has 0 aliphatic rings. The Bertz CT molecular complexity index is 256. The molecule has 0 bridgehead atoms. The van der Waals surface area contributed by atoms with Gasteiger partial charge in [-0.05, 0) is 20.8 Å². The first-order valence-electron chi connectivity index (χ1n) is 3.87. The van der Waals surface area contributed by atoms with Gasteiger partial charge in [-0.2, -0.15) is 5.26 Å². The molecule has 72 valence electrons. The molecule has 0 aromatic heterocycles. The Morgan fingerprint density at radius 2 is 2.08 bits per heavy atom. The van der Waals surface area contributed by atoms with Crippen LogP contribution in [0.4, 0.5) is 0 Å². The molecule has 0 heterocycles. The van der Waals surface area contributed by atoms with Crippen LogP contribution < -0.4 is 5.32 Å². The summed E-state index contributed by atoms with van der Waals surface area (Å²) in [7, 11) is 1.24. The first-order valence-corrected chi connectivity index (χ1v) is 3.87. The molecule has 0 saturated carbocycles. The van der Waals surface area contributed by atoms with E-state index >= 15 is 0 Å². The number of methoxy groups -OCH3 is 1. The van der Waals surface area contributed by atoms with E-state index in [1.165, 1.54) is 13.3 Å². The van der Waals surface area contributed by atoms with E-state index in [4.69, 9.17) is 5.26 Å². The van der Waals surface area contributed by atoms with Gasteiger partial charge in [-0.1, -0.05) is 0 Å². The topological polar surface area (TPSA) is 62.1 Å². The van der Waals surface area contributed by atoms with E-state index in [2.05, 4.69) is 10.1 Å². The highest BCUT2D eigenvalue weighted by Crippen LogP contribution is 2.01. The highest BCUT2D eigenvalue weighted by Gasteiger charge is 2.11. The SMILES string of the molecule is COC(=O)/C(C#N)=C/NC(C)(C)C. The number of ether oxygens (including phenoxy) is 1. The van der Waals surface area contributed by atoms with E-state index in [1.54, 1.807) is 6.07 Å². The number of hydrogen-bond acceptors (Lipinski definition) is 4. The average molecular weight is 182 g/mol. The molecular weight excluding hydrogens is 168 g/mol. The van der Waals surface area contributed by atoms with E-state index in [0.717, 1.165) is 0 Å². The number of nitrogens with zero attached hydrogens (tertiary/aromatic N) is 1. The zero-order valence-electron chi connectivity index (χ0n) is 8.34. The Kier molecular flexibility index (Phi) is 3.99. The van der Waals surface area contributed by atoms with Crippen LogP contribution in [0, 0.1) is 11.3 Å². The Morgan fingerprint density at radius 3 is 2.38 bits per heavy atom. The van der Waals surface area contributed by atoms with Crippen molar-refractivity contribution in [3.8, 4) is 6.07 Å². The molecule has 0 rings (SSSR count). The van der Waals surface area contributed by atoms with Crippen LogP contribution in [0.5, 0.6) is 0 Å². The third kappa shape index (κ3) is 4.86. The molecule has 13 heavy (non-hydrogen) atoms. The molecule has 0 radical (unpaired) electrons. The summed E-state index contributed by atoms with van der Waals surface area (Å²) in [6, 6.07) is 1.75. The van der Waals surface area contributed by atoms with E-state index in [-0.39, 0.29) is 11.1 Å². The first kappa shape index (κ1) is 11.5. The minimum Gasteiger partial charge on any atom is -0.465 e. The molecule has 0 aliphatic heterocycles. The lowest BCUT2D eigenvalue weighted by Crippen LogP contribution is -2.32. The van der Waals surface area contributed by atoms with Crippen molar-refractivity contribution in [2.24, 2.45) is 0 Å². The molecule has 0 saturated heterocycles. The first-order chi connectivity index (χ1) is 5.90. The molecule has 0 aliphatic carbocycles. The predicted molar refractivity (Wildman–Crippen MR) is 48.6 cm³/mol. The third-order valence-corrected chi connectivity index (χ3v) is 1.18. The Morgan fingerprint density at radius 1 is 1.54 bits per heavy atom. The highest BCUT2D eigenvalue weighted by molar-refractivity contribution is 5.92. The normalized spacial score (nSPS) is 11.8. The standard InChI is InChI=1S/C9H14N2O2/c1-9(2,3)11-6-7(5-10)8(12)13-4/h6,11H,1-4H3/b7-6+. The van der Waals surface area contributed by atoms with Crippen molar-refractivity contribution in [3.63, 3.8) is 0 Å². The quantitative estimate of drug-likeness (QED) is 0.392. The van der Waals surface area contributed by atoms with Crippen molar-refractivity contribution in [1.29, 1.82) is 5.26 Å². The van der Waals surface area contributed by atoms with E-state index < -0.39 is 5.97 Å². The summed E-state index contributed by atoms with van der Waals surface area (Å²) in [5.74, 6) is -0.626. The fraction of sp³-hybridized carbons (Fsp3) is 0.556. The fourth-order valence-electron chi connectivity index (χ4n) is 0.535. The second-order valence-corrected chi connectivity index (χ2v) is 3.56. The summed E-state index contributed by atoms with van der Waals surface area (Å²) in [6.45, 7) is 5.78. The van der Waals surface area contributed by atoms with Crippen molar-refractivity contribution in [3.05, 3.63) is 11.8 Å². The smallest absolute Gasteiger partial charge is 0.350 e. The van der Waals surface area contributed by atoms with Gasteiger partial charge >= 0.3 is 5.97 Å². The van der Waals surface area contributed by atoms with Crippen LogP contribution in [0.15, 0.2) is 11.8 Å². The number of hydrogen-bond donors (Lipinski definition) is 1. The van der Waals surface area contributed by atoms with Crippen molar-refractivity contribution in [1.82, 2.24) is 5.32 Å². The van der Waals surface area contributed by atoms with Crippen LogP contribution in [0.3, 0.4) is 0 Å². The Balaban J connectivity index is 4.44. The molecule has 0 atom stereocenters. The molecule has 0 fully saturated rings. The Labute approximate surface area is 78.2 Å². The van der Waals surface area contributed by atoms with Crippen molar-refractivity contribution in [2.75, 3.05) is 7.11 Å². The van der Waals surface area contributed by atoms with Gasteiger partial charge in [0.1, 0.15) is 6.07 Å². The van der Waals surface area contributed by atoms with Gasteiger partial charge < -0.3 is 10.1 Å². The highest BCUT2D eigenvalue weighted by atomic mass is 16.5. The van der Waals surface area contributed by atoms with Gasteiger partial charge in [-0.15, -0.1) is 0 Å². The summed E-state index contributed by atoms with van der Waals surface area (Å²) in [4.78, 5) is 10.9. The maximum absolute atomic E-state index is 10.9. The molecule has 0 unspecified atom stereocenters. The lowest BCUT2D eigenvalue weighted by molar-refractivity contribution is -0.135. The largest absolute Gasteiger partial charge is 0.465 e. The van der Waals surface area contributed by atoms with E-state index in [1.807, 2.05) is 20.8 Å². The lowest BCUT2D eigenvalue weighted by atomic mass is 10.1. The number of carbonyl (C=O) groups excluding carboxylic acids is 1. The zero-order valence-corrected chi connectivity index (χ0v) is 8.34. The van der Waals surface area contributed by atoms with Crippen LogP contribution in [0.25, 0.3) is 0 Å². The summed E-state index contributed by atoms with van der Waals surface area (Å²) in [5.41, 5.74) is -0.201. The Hall–Kier alpha value is -1.50. The van der Waals surface area contributed by atoms with E-state index in [9.17, 15) is 4.79 Å². The van der Waals surface area contributed by atoms with Crippen molar-refractivity contribution < 1.29 is 9.53 Å². The van der Waals surface area contributed by atoms with Crippen LogP contribution in [-0.4, -0.2) is 18.6 Å².